The Kier molecular flexibility index (Phi) is 3.63. The van der Waals surface area contributed by atoms with Crippen molar-refractivity contribution in [3.05, 3.63) is 22.3 Å². The first kappa shape index (κ1) is 12.3. The molecule has 0 radical (unpaired) electrons. The summed E-state index contributed by atoms with van der Waals surface area (Å²) in [6.07, 6.45) is 2.62. The van der Waals surface area contributed by atoms with E-state index in [4.69, 9.17) is 10.8 Å². The molecule has 1 aliphatic heterocycles. The average molecular weight is 300 g/mol. The smallest absolute Gasteiger partial charge is 0.339 e. The molecule has 0 aromatic carbocycles. The van der Waals surface area contributed by atoms with Gasteiger partial charge in [-0.3, -0.25) is 0 Å². The molecule has 92 valence electrons. The molecule has 6 heteroatoms. The highest BCUT2D eigenvalue weighted by Crippen LogP contribution is 2.26. The van der Waals surface area contributed by atoms with Gasteiger partial charge in [-0.2, -0.15) is 0 Å². The molecule has 5 nitrogen and oxygen atoms in total. The third kappa shape index (κ3) is 2.58. The Hall–Kier alpha value is -1.14. The van der Waals surface area contributed by atoms with Gasteiger partial charge in [0.2, 0.25) is 0 Å². The summed E-state index contributed by atoms with van der Waals surface area (Å²) in [5.41, 5.74) is 5.86. The van der Waals surface area contributed by atoms with E-state index in [1.54, 1.807) is 12.3 Å². The number of carbonyl (C=O) groups is 1. The van der Waals surface area contributed by atoms with Gasteiger partial charge in [0, 0.05) is 23.8 Å². The zero-order chi connectivity index (χ0) is 12.4. The zero-order valence-corrected chi connectivity index (χ0v) is 10.9. The molecule has 0 aliphatic carbocycles. The van der Waals surface area contributed by atoms with Crippen LogP contribution in [0.3, 0.4) is 0 Å². The highest BCUT2D eigenvalue weighted by atomic mass is 79.9. The van der Waals surface area contributed by atoms with Gasteiger partial charge >= 0.3 is 5.97 Å². The maximum absolute atomic E-state index is 11.2. The van der Waals surface area contributed by atoms with Crippen molar-refractivity contribution in [1.82, 2.24) is 4.98 Å². The number of nitrogens with two attached hydrogens (primary N) is 1. The Balaban J connectivity index is 2.29. The van der Waals surface area contributed by atoms with Crippen molar-refractivity contribution in [2.45, 2.75) is 6.42 Å². The van der Waals surface area contributed by atoms with Gasteiger partial charge in [0.1, 0.15) is 11.4 Å². The van der Waals surface area contributed by atoms with Crippen molar-refractivity contribution < 1.29 is 9.90 Å². The summed E-state index contributed by atoms with van der Waals surface area (Å²) >= 11 is 3.23. The summed E-state index contributed by atoms with van der Waals surface area (Å²) in [6.45, 7) is 2.23. The second kappa shape index (κ2) is 5.01. The topological polar surface area (TPSA) is 79.5 Å². The third-order valence-electron chi connectivity index (χ3n) is 2.98. The normalized spacial score (nSPS) is 19.6. The highest BCUT2D eigenvalue weighted by molar-refractivity contribution is 9.10. The predicted molar refractivity (Wildman–Crippen MR) is 68.3 cm³/mol. The second-order valence-electron chi connectivity index (χ2n) is 4.17. The Labute approximate surface area is 108 Å². The number of hydrogen-bond donors (Lipinski definition) is 2. The number of aromatic nitrogens is 1. The lowest BCUT2D eigenvalue weighted by molar-refractivity contribution is 0.0697. The fourth-order valence-corrected chi connectivity index (χ4v) is 2.39. The fourth-order valence-electron chi connectivity index (χ4n) is 2.06. The van der Waals surface area contributed by atoms with Gasteiger partial charge in [0.15, 0.2) is 0 Å². The monoisotopic (exact) mass is 299 g/mol. The van der Waals surface area contributed by atoms with Crippen molar-refractivity contribution in [3.63, 3.8) is 0 Å². The highest BCUT2D eigenvalue weighted by Gasteiger charge is 2.26. The standard InChI is InChI=1S/C11H14BrN3O2/c12-8-3-9(11(16)17)10(14-5-8)15-2-1-7(4-13)6-15/h3,5,7H,1-2,4,6,13H2,(H,16,17). The molecule has 1 aromatic heterocycles. The number of carboxylic acids is 1. The first-order valence-corrected chi connectivity index (χ1v) is 6.25. The molecule has 1 fully saturated rings. The maximum atomic E-state index is 11.2. The Morgan fingerprint density at radius 1 is 1.71 bits per heavy atom. The van der Waals surface area contributed by atoms with Crippen LogP contribution in [0, 0.1) is 5.92 Å². The second-order valence-corrected chi connectivity index (χ2v) is 5.08. The number of carboxylic acid groups (broad SMARTS) is 1. The van der Waals surface area contributed by atoms with E-state index in [0.29, 0.717) is 22.8 Å². The van der Waals surface area contributed by atoms with Crippen LogP contribution in [0.15, 0.2) is 16.7 Å². The van der Waals surface area contributed by atoms with Gasteiger partial charge in [0.25, 0.3) is 0 Å². The van der Waals surface area contributed by atoms with E-state index in [9.17, 15) is 4.79 Å². The van der Waals surface area contributed by atoms with Crippen molar-refractivity contribution in [2.75, 3.05) is 24.5 Å². The van der Waals surface area contributed by atoms with E-state index < -0.39 is 5.97 Å². The lowest BCUT2D eigenvalue weighted by atomic mass is 10.1. The summed E-state index contributed by atoms with van der Waals surface area (Å²) in [5.74, 6) is 0.0174. The molecule has 2 rings (SSSR count). The lowest BCUT2D eigenvalue weighted by Gasteiger charge is -2.19. The quantitative estimate of drug-likeness (QED) is 0.880. The lowest BCUT2D eigenvalue weighted by Crippen LogP contribution is -2.25. The number of aromatic carboxylic acids is 1. The Morgan fingerprint density at radius 2 is 2.47 bits per heavy atom. The SMILES string of the molecule is NCC1CCN(c2ncc(Br)cc2C(=O)O)C1. The molecule has 0 spiro atoms. The molecule has 2 heterocycles. The van der Waals surface area contributed by atoms with Crippen LogP contribution < -0.4 is 10.6 Å². The van der Waals surface area contributed by atoms with Crippen LogP contribution in [0.2, 0.25) is 0 Å². The van der Waals surface area contributed by atoms with Crippen LogP contribution in [-0.2, 0) is 0 Å². The molecule has 1 unspecified atom stereocenters. The van der Waals surface area contributed by atoms with E-state index in [2.05, 4.69) is 20.9 Å². The molecule has 1 atom stereocenters. The number of rotatable bonds is 3. The number of anilines is 1. The number of halogens is 1. The largest absolute Gasteiger partial charge is 0.478 e. The van der Waals surface area contributed by atoms with Gasteiger partial charge in [-0.05, 0) is 40.9 Å². The molecule has 0 saturated carbocycles. The maximum Gasteiger partial charge on any atom is 0.339 e. The van der Waals surface area contributed by atoms with Crippen molar-refractivity contribution in [2.24, 2.45) is 11.7 Å². The molecule has 0 amide bonds. The number of hydrogen-bond acceptors (Lipinski definition) is 4. The first-order valence-electron chi connectivity index (χ1n) is 5.45. The molecule has 1 aliphatic rings. The molecule has 0 bridgehead atoms. The van der Waals surface area contributed by atoms with Gasteiger partial charge in [-0.1, -0.05) is 0 Å². The number of nitrogens with zero attached hydrogens (tertiary/aromatic N) is 2. The molecule has 3 N–H and O–H groups in total. The zero-order valence-electron chi connectivity index (χ0n) is 9.27. The first-order chi connectivity index (χ1) is 8.11. The summed E-state index contributed by atoms with van der Waals surface area (Å²) in [6, 6.07) is 1.58. The average Bonchev–Trinajstić information content (AvgIpc) is 2.77. The van der Waals surface area contributed by atoms with E-state index in [1.807, 2.05) is 4.90 Å². The summed E-state index contributed by atoms with van der Waals surface area (Å²) in [4.78, 5) is 17.4. The minimum atomic E-state index is -0.954. The van der Waals surface area contributed by atoms with Crippen LogP contribution >= 0.6 is 15.9 Å². The van der Waals surface area contributed by atoms with Crippen LogP contribution in [-0.4, -0.2) is 35.7 Å². The number of pyridine rings is 1. The van der Waals surface area contributed by atoms with Crippen LogP contribution in [0.5, 0.6) is 0 Å². The summed E-state index contributed by atoms with van der Waals surface area (Å²) in [7, 11) is 0. The van der Waals surface area contributed by atoms with Crippen molar-refractivity contribution in [1.29, 1.82) is 0 Å². The van der Waals surface area contributed by atoms with Gasteiger partial charge in [-0.25, -0.2) is 9.78 Å². The third-order valence-corrected chi connectivity index (χ3v) is 3.42. The summed E-state index contributed by atoms with van der Waals surface area (Å²) in [5, 5.41) is 9.16. The minimum absolute atomic E-state index is 0.233. The van der Waals surface area contributed by atoms with Gasteiger partial charge in [0.05, 0.1) is 0 Å². The molecular formula is C11H14BrN3O2. The van der Waals surface area contributed by atoms with Crippen LogP contribution in [0.4, 0.5) is 5.82 Å². The Bertz CT molecular complexity index is 439. The Morgan fingerprint density at radius 3 is 3.06 bits per heavy atom. The summed E-state index contributed by atoms with van der Waals surface area (Å²) < 4.78 is 0.674. The predicted octanol–water partition coefficient (Wildman–Crippen LogP) is 1.33. The van der Waals surface area contributed by atoms with Crippen LogP contribution in [0.25, 0.3) is 0 Å². The minimum Gasteiger partial charge on any atom is -0.478 e. The van der Waals surface area contributed by atoms with Gasteiger partial charge in [-0.15, -0.1) is 0 Å². The van der Waals surface area contributed by atoms with Gasteiger partial charge < -0.3 is 15.7 Å². The van der Waals surface area contributed by atoms with E-state index in [0.717, 1.165) is 19.5 Å². The van der Waals surface area contributed by atoms with E-state index >= 15 is 0 Å². The van der Waals surface area contributed by atoms with Crippen LogP contribution in [0.1, 0.15) is 16.8 Å². The fraction of sp³-hybridized carbons (Fsp3) is 0.455. The molecule has 1 saturated heterocycles. The van der Waals surface area contributed by atoms with E-state index in [-0.39, 0.29) is 5.56 Å². The molecule has 1 aromatic rings. The van der Waals surface area contributed by atoms with Crippen molar-refractivity contribution in [3.8, 4) is 0 Å². The van der Waals surface area contributed by atoms with E-state index in [1.165, 1.54) is 0 Å². The van der Waals surface area contributed by atoms with Crippen molar-refractivity contribution >= 4 is 27.7 Å². The molecule has 17 heavy (non-hydrogen) atoms. The molecular weight excluding hydrogens is 286 g/mol.